The van der Waals surface area contributed by atoms with Crippen molar-refractivity contribution in [1.82, 2.24) is 0 Å². The lowest BCUT2D eigenvalue weighted by Gasteiger charge is -2.10. The van der Waals surface area contributed by atoms with E-state index in [0.717, 1.165) is 22.3 Å². The lowest BCUT2D eigenvalue weighted by molar-refractivity contribution is -0.110. The standard InChI is InChI=1S/C19H19NO4/c1-10-5-12(6-11(2)18(10)21)7-14-13-8-16(23-3)17(24-4)9-15(13)20-19(14)22/h5-9,21H,1-4H3,(H,20,22)/b14-7-. The molecule has 0 saturated carbocycles. The first-order chi connectivity index (χ1) is 11.4. The number of ether oxygens (including phenoxy) is 2. The molecule has 0 aromatic heterocycles. The van der Waals surface area contributed by atoms with Crippen LogP contribution in [-0.4, -0.2) is 25.2 Å². The Labute approximate surface area is 140 Å². The molecule has 0 bridgehead atoms. The van der Waals surface area contributed by atoms with E-state index in [1.54, 1.807) is 26.4 Å². The Kier molecular flexibility index (Phi) is 3.93. The average molecular weight is 325 g/mol. The average Bonchev–Trinajstić information content (AvgIpc) is 2.86. The van der Waals surface area contributed by atoms with Crippen molar-refractivity contribution in [2.45, 2.75) is 13.8 Å². The van der Waals surface area contributed by atoms with Gasteiger partial charge in [0.25, 0.3) is 5.91 Å². The second-order valence-electron chi connectivity index (χ2n) is 5.77. The van der Waals surface area contributed by atoms with Gasteiger partial charge in [-0.05, 0) is 54.8 Å². The largest absolute Gasteiger partial charge is 0.507 e. The van der Waals surface area contributed by atoms with E-state index in [2.05, 4.69) is 5.32 Å². The van der Waals surface area contributed by atoms with Gasteiger partial charge in [0.15, 0.2) is 11.5 Å². The van der Waals surface area contributed by atoms with Crippen LogP contribution in [0.4, 0.5) is 5.69 Å². The number of carbonyl (C=O) groups excluding carboxylic acids is 1. The second-order valence-corrected chi connectivity index (χ2v) is 5.77. The van der Waals surface area contributed by atoms with E-state index in [1.165, 1.54) is 0 Å². The summed E-state index contributed by atoms with van der Waals surface area (Å²) in [5.74, 6) is 1.23. The van der Waals surface area contributed by atoms with Gasteiger partial charge < -0.3 is 19.9 Å². The molecule has 2 aromatic rings. The third-order valence-corrected chi connectivity index (χ3v) is 4.13. The minimum Gasteiger partial charge on any atom is -0.507 e. The number of hydrogen-bond acceptors (Lipinski definition) is 4. The van der Waals surface area contributed by atoms with Gasteiger partial charge in [0.2, 0.25) is 0 Å². The number of rotatable bonds is 3. The van der Waals surface area contributed by atoms with Crippen molar-refractivity contribution < 1.29 is 19.4 Å². The fourth-order valence-corrected chi connectivity index (χ4v) is 2.90. The SMILES string of the molecule is COc1cc2c(cc1OC)/C(=C/c1cc(C)c(O)c(C)c1)C(=O)N2. The lowest BCUT2D eigenvalue weighted by Crippen LogP contribution is -2.03. The Balaban J connectivity index is 2.13. The van der Waals surface area contributed by atoms with Gasteiger partial charge in [-0.3, -0.25) is 4.79 Å². The van der Waals surface area contributed by atoms with Crippen LogP contribution in [-0.2, 0) is 4.79 Å². The van der Waals surface area contributed by atoms with E-state index in [0.29, 0.717) is 22.8 Å². The van der Waals surface area contributed by atoms with E-state index in [9.17, 15) is 9.90 Å². The molecule has 2 N–H and O–H groups in total. The van der Waals surface area contributed by atoms with Gasteiger partial charge in [0, 0.05) is 17.2 Å². The molecule has 0 atom stereocenters. The highest BCUT2D eigenvalue weighted by Gasteiger charge is 2.26. The Morgan fingerprint density at radius 1 is 1.00 bits per heavy atom. The van der Waals surface area contributed by atoms with Crippen LogP contribution in [0.2, 0.25) is 0 Å². The number of nitrogens with one attached hydrogen (secondary N) is 1. The number of hydrogen-bond donors (Lipinski definition) is 2. The van der Waals surface area contributed by atoms with Crippen molar-refractivity contribution in [3.8, 4) is 17.2 Å². The van der Waals surface area contributed by atoms with Gasteiger partial charge in [-0.15, -0.1) is 0 Å². The molecule has 1 amide bonds. The molecule has 1 aliphatic heterocycles. The van der Waals surface area contributed by atoms with E-state index in [4.69, 9.17) is 9.47 Å². The van der Waals surface area contributed by atoms with Crippen LogP contribution in [0.5, 0.6) is 17.2 Å². The van der Waals surface area contributed by atoms with E-state index in [-0.39, 0.29) is 11.7 Å². The second kappa shape index (κ2) is 5.92. The predicted molar refractivity (Wildman–Crippen MR) is 93.6 cm³/mol. The number of aromatic hydroxyl groups is 1. The Morgan fingerprint density at radius 3 is 2.17 bits per heavy atom. The van der Waals surface area contributed by atoms with Crippen molar-refractivity contribution in [3.63, 3.8) is 0 Å². The number of fused-ring (bicyclic) bond motifs is 1. The van der Waals surface area contributed by atoms with Crippen LogP contribution < -0.4 is 14.8 Å². The topological polar surface area (TPSA) is 67.8 Å². The molecule has 124 valence electrons. The number of carbonyl (C=O) groups is 1. The van der Waals surface area contributed by atoms with Crippen LogP contribution in [0.25, 0.3) is 11.6 Å². The minimum atomic E-state index is -0.177. The zero-order chi connectivity index (χ0) is 17.4. The number of phenols is 1. The van der Waals surface area contributed by atoms with Crippen LogP contribution in [0.1, 0.15) is 22.3 Å². The predicted octanol–water partition coefficient (Wildman–Crippen LogP) is 3.52. The summed E-state index contributed by atoms with van der Waals surface area (Å²) in [5, 5.41) is 12.7. The third-order valence-electron chi connectivity index (χ3n) is 4.13. The van der Waals surface area contributed by atoms with Gasteiger partial charge in [0.05, 0.1) is 19.9 Å². The highest BCUT2D eigenvalue weighted by atomic mass is 16.5. The normalized spacial score (nSPS) is 14.5. The molecule has 0 spiro atoms. The zero-order valence-corrected chi connectivity index (χ0v) is 14.1. The molecule has 2 aromatic carbocycles. The quantitative estimate of drug-likeness (QED) is 0.847. The Morgan fingerprint density at radius 2 is 1.58 bits per heavy atom. The molecule has 5 heteroatoms. The third kappa shape index (κ3) is 2.58. The molecular formula is C19H19NO4. The first kappa shape index (κ1) is 15.9. The highest BCUT2D eigenvalue weighted by molar-refractivity contribution is 6.35. The number of anilines is 1. The zero-order valence-electron chi connectivity index (χ0n) is 14.1. The van der Waals surface area contributed by atoms with Gasteiger partial charge in [0.1, 0.15) is 5.75 Å². The number of methoxy groups -OCH3 is 2. The molecule has 0 aliphatic carbocycles. The summed E-state index contributed by atoms with van der Waals surface area (Å²) in [6, 6.07) is 7.24. The molecule has 0 unspecified atom stereocenters. The van der Waals surface area contributed by atoms with Crippen molar-refractivity contribution in [1.29, 1.82) is 0 Å². The molecule has 0 saturated heterocycles. The summed E-state index contributed by atoms with van der Waals surface area (Å²) in [6.07, 6.45) is 1.81. The molecule has 0 fully saturated rings. The minimum absolute atomic E-state index is 0.177. The van der Waals surface area contributed by atoms with E-state index >= 15 is 0 Å². The summed E-state index contributed by atoms with van der Waals surface area (Å²) >= 11 is 0. The number of benzene rings is 2. The first-order valence-electron chi connectivity index (χ1n) is 7.54. The van der Waals surface area contributed by atoms with Crippen LogP contribution in [0.3, 0.4) is 0 Å². The monoisotopic (exact) mass is 325 g/mol. The molecule has 5 nitrogen and oxygen atoms in total. The maximum Gasteiger partial charge on any atom is 0.256 e. The maximum atomic E-state index is 12.4. The molecule has 1 heterocycles. The van der Waals surface area contributed by atoms with Crippen LogP contribution >= 0.6 is 0 Å². The van der Waals surface area contributed by atoms with Crippen LogP contribution in [0, 0.1) is 13.8 Å². The smallest absolute Gasteiger partial charge is 0.256 e. The molecule has 1 aliphatic rings. The summed E-state index contributed by atoms with van der Waals surface area (Å²) in [4.78, 5) is 12.4. The molecule has 0 radical (unpaired) electrons. The van der Waals surface area contributed by atoms with Crippen molar-refractivity contribution in [2.75, 3.05) is 19.5 Å². The lowest BCUT2D eigenvalue weighted by atomic mass is 10.0. The van der Waals surface area contributed by atoms with Gasteiger partial charge in [-0.25, -0.2) is 0 Å². The van der Waals surface area contributed by atoms with E-state index < -0.39 is 0 Å². The summed E-state index contributed by atoms with van der Waals surface area (Å²) < 4.78 is 10.6. The fraction of sp³-hybridized carbons (Fsp3) is 0.211. The van der Waals surface area contributed by atoms with Crippen molar-refractivity contribution in [2.24, 2.45) is 0 Å². The summed E-state index contributed by atoms with van der Waals surface area (Å²) in [7, 11) is 3.12. The van der Waals surface area contributed by atoms with E-state index in [1.807, 2.05) is 32.1 Å². The molecular weight excluding hydrogens is 306 g/mol. The Hall–Kier alpha value is -2.95. The first-order valence-corrected chi connectivity index (χ1v) is 7.54. The van der Waals surface area contributed by atoms with Gasteiger partial charge in [-0.1, -0.05) is 0 Å². The molecule has 24 heavy (non-hydrogen) atoms. The fourth-order valence-electron chi connectivity index (χ4n) is 2.90. The number of amides is 1. The Bertz CT molecular complexity index is 845. The van der Waals surface area contributed by atoms with Crippen molar-refractivity contribution >= 4 is 23.2 Å². The molecule has 3 rings (SSSR count). The van der Waals surface area contributed by atoms with Gasteiger partial charge in [-0.2, -0.15) is 0 Å². The van der Waals surface area contributed by atoms with Crippen molar-refractivity contribution in [3.05, 3.63) is 46.5 Å². The van der Waals surface area contributed by atoms with Gasteiger partial charge >= 0.3 is 0 Å². The maximum absolute atomic E-state index is 12.4. The van der Waals surface area contributed by atoms with Crippen LogP contribution in [0.15, 0.2) is 24.3 Å². The summed E-state index contributed by atoms with van der Waals surface area (Å²) in [5.41, 5.74) is 4.41. The summed E-state index contributed by atoms with van der Waals surface area (Å²) in [6.45, 7) is 3.67. The number of phenolic OH excluding ortho intramolecular Hbond substituents is 1. The highest BCUT2D eigenvalue weighted by Crippen LogP contribution is 2.41. The number of aryl methyl sites for hydroxylation is 2.